The number of nitrogens with one attached hydrogen (secondary N) is 1. The minimum atomic E-state index is -0.590. The molecule has 30 heavy (non-hydrogen) atoms. The molecule has 7 heteroatoms. The van der Waals surface area contributed by atoms with Crippen LogP contribution in [0.4, 0.5) is 11.4 Å². The molecule has 1 heterocycles. The van der Waals surface area contributed by atoms with Gasteiger partial charge in [0.1, 0.15) is 0 Å². The van der Waals surface area contributed by atoms with Crippen molar-refractivity contribution < 1.29 is 9.90 Å². The Balaban J connectivity index is 1.92. The predicted octanol–water partition coefficient (Wildman–Crippen LogP) is 3.65. The molecule has 2 N–H and O–H groups in total. The fourth-order valence-electron chi connectivity index (χ4n) is 3.31. The Morgan fingerprint density at radius 2 is 1.83 bits per heavy atom. The molecule has 0 spiro atoms. The molecule has 0 saturated carbocycles. The maximum absolute atomic E-state index is 12.8. The van der Waals surface area contributed by atoms with Crippen LogP contribution in [0.3, 0.4) is 0 Å². The highest BCUT2D eigenvalue weighted by Gasteiger charge is 2.18. The SMILES string of the molecule is CCN(CC)c1ccc(NC(=O)c2nn(-c3cccc(C)c3)c(=O)cc2O)c(C)c1. The van der Waals surface area contributed by atoms with Gasteiger partial charge in [-0.3, -0.25) is 9.59 Å². The monoisotopic (exact) mass is 406 g/mol. The second-order valence-electron chi connectivity index (χ2n) is 7.09. The molecule has 0 atom stereocenters. The van der Waals surface area contributed by atoms with E-state index in [9.17, 15) is 14.7 Å². The molecule has 0 radical (unpaired) electrons. The smallest absolute Gasteiger partial charge is 0.279 e. The van der Waals surface area contributed by atoms with E-state index in [1.54, 1.807) is 18.2 Å². The molecule has 156 valence electrons. The number of nitrogens with zero attached hydrogens (tertiary/aromatic N) is 3. The lowest BCUT2D eigenvalue weighted by atomic mass is 10.1. The van der Waals surface area contributed by atoms with Gasteiger partial charge < -0.3 is 15.3 Å². The summed E-state index contributed by atoms with van der Waals surface area (Å²) in [7, 11) is 0. The summed E-state index contributed by atoms with van der Waals surface area (Å²) < 4.78 is 1.11. The van der Waals surface area contributed by atoms with Gasteiger partial charge >= 0.3 is 0 Å². The number of aromatic hydroxyl groups is 1. The largest absolute Gasteiger partial charge is 0.505 e. The molecular weight excluding hydrogens is 380 g/mol. The third-order valence-corrected chi connectivity index (χ3v) is 4.96. The Bertz CT molecular complexity index is 1130. The number of aryl methyl sites for hydroxylation is 2. The van der Waals surface area contributed by atoms with E-state index in [1.165, 1.54) is 0 Å². The first kappa shape index (κ1) is 21.1. The van der Waals surface area contributed by atoms with Crippen LogP contribution in [0.1, 0.15) is 35.5 Å². The van der Waals surface area contributed by atoms with Gasteiger partial charge in [-0.1, -0.05) is 12.1 Å². The van der Waals surface area contributed by atoms with Crippen molar-refractivity contribution in [3.63, 3.8) is 0 Å². The van der Waals surface area contributed by atoms with E-state index in [2.05, 4.69) is 29.2 Å². The molecule has 3 aromatic rings. The van der Waals surface area contributed by atoms with Gasteiger partial charge in [0, 0.05) is 30.5 Å². The lowest BCUT2D eigenvalue weighted by Crippen LogP contribution is -2.25. The number of rotatable bonds is 6. The molecule has 0 bridgehead atoms. The number of aromatic nitrogens is 2. The van der Waals surface area contributed by atoms with Crippen molar-refractivity contribution in [2.75, 3.05) is 23.3 Å². The lowest BCUT2D eigenvalue weighted by molar-refractivity contribution is 0.101. The first-order valence-electron chi connectivity index (χ1n) is 9.91. The number of anilines is 2. The van der Waals surface area contributed by atoms with Gasteiger partial charge in [0.05, 0.1) is 5.69 Å². The Morgan fingerprint density at radius 3 is 2.47 bits per heavy atom. The van der Waals surface area contributed by atoms with Crippen LogP contribution in [0.2, 0.25) is 0 Å². The average Bonchev–Trinajstić information content (AvgIpc) is 2.71. The summed E-state index contributed by atoms with van der Waals surface area (Å²) in [5.41, 5.74) is 3.31. The predicted molar refractivity (Wildman–Crippen MR) is 119 cm³/mol. The van der Waals surface area contributed by atoms with Crippen LogP contribution in [-0.2, 0) is 0 Å². The van der Waals surface area contributed by atoms with Crippen LogP contribution >= 0.6 is 0 Å². The molecule has 7 nitrogen and oxygen atoms in total. The maximum Gasteiger partial charge on any atom is 0.279 e. The summed E-state index contributed by atoms with van der Waals surface area (Å²) >= 11 is 0. The number of hydrogen-bond donors (Lipinski definition) is 2. The minimum absolute atomic E-state index is 0.219. The number of carbonyl (C=O) groups excluding carboxylic acids is 1. The van der Waals surface area contributed by atoms with Crippen molar-refractivity contribution in [3.8, 4) is 11.4 Å². The highest BCUT2D eigenvalue weighted by molar-refractivity contribution is 6.05. The highest BCUT2D eigenvalue weighted by Crippen LogP contribution is 2.24. The second-order valence-corrected chi connectivity index (χ2v) is 7.09. The van der Waals surface area contributed by atoms with Crippen molar-refractivity contribution in [2.24, 2.45) is 0 Å². The van der Waals surface area contributed by atoms with Gasteiger partial charge in [-0.05, 0) is 69.2 Å². The quantitative estimate of drug-likeness (QED) is 0.652. The van der Waals surface area contributed by atoms with Crippen LogP contribution in [0.25, 0.3) is 5.69 Å². The van der Waals surface area contributed by atoms with Gasteiger partial charge in [0.15, 0.2) is 11.4 Å². The zero-order valence-corrected chi connectivity index (χ0v) is 17.6. The standard InChI is InChI=1S/C23H26N4O3/c1-5-26(6-2)17-10-11-19(16(4)13-17)24-23(30)22-20(28)14-21(29)27(25-22)18-9-7-8-15(3)12-18/h7-14,28H,5-6H2,1-4H3,(H,24,30). The fraction of sp³-hybridized carbons (Fsp3) is 0.261. The first-order chi connectivity index (χ1) is 14.3. The second kappa shape index (κ2) is 8.82. The third kappa shape index (κ3) is 4.35. The van der Waals surface area contributed by atoms with E-state index >= 15 is 0 Å². The normalized spacial score (nSPS) is 10.7. The number of hydrogen-bond acceptors (Lipinski definition) is 5. The first-order valence-corrected chi connectivity index (χ1v) is 9.91. The third-order valence-electron chi connectivity index (χ3n) is 4.96. The zero-order valence-electron chi connectivity index (χ0n) is 17.6. The van der Waals surface area contributed by atoms with Crippen molar-refractivity contribution in [1.29, 1.82) is 0 Å². The molecule has 3 rings (SSSR count). The average molecular weight is 406 g/mol. The molecule has 1 amide bonds. The van der Waals surface area contributed by atoms with Crippen LogP contribution in [-0.4, -0.2) is 33.9 Å². The summed E-state index contributed by atoms with van der Waals surface area (Å²) in [6, 6.07) is 14.0. The van der Waals surface area contributed by atoms with Crippen molar-refractivity contribution in [2.45, 2.75) is 27.7 Å². The topological polar surface area (TPSA) is 87.5 Å². The Labute approximate surface area is 175 Å². The zero-order chi connectivity index (χ0) is 21.8. The molecule has 0 fully saturated rings. The lowest BCUT2D eigenvalue weighted by Gasteiger charge is -2.22. The van der Waals surface area contributed by atoms with Gasteiger partial charge in [-0.2, -0.15) is 9.78 Å². The van der Waals surface area contributed by atoms with E-state index < -0.39 is 17.2 Å². The van der Waals surface area contributed by atoms with Crippen LogP contribution < -0.4 is 15.8 Å². The molecule has 0 aliphatic carbocycles. The van der Waals surface area contributed by atoms with Crippen molar-refractivity contribution in [3.05, 3.63) is 75.7 Å². The fourth-order valence-corrected chi connectivity index (χ4v) is 3.31. The Morgan fingerprint density at radius 1 is 1.10 bits per heavy atom. The molecule has 0 saturated heterocycles. The minimum Gasteiger partial charge on any atom is -0.505 e. The van der Waals surface area contributed by atoms with Crippen molar-refractivity contribution in [1.82, 2.24) is 9.78 Å². The Kier molecular flexibility index (Phi) is 6.20. The summed E-state index contributed by atoms with van der Waals surface area (Å²) in [6.45, 7) is 9.76. The number of amides is 1. The summed E-state index contributed by atoms with van der Waals surface area (Å²) in [5.74, 6) is -1.05. The summed E-state index contributed by atoms with van der Waals surface area (Å²) in [5, 5.41) is 17.1. The van der Waals surface area contributed by atoms with Gasteiger partial charge in [0.2, 0.25) is 0 Å². The van der Waals surface area contributed by atoms with Gasteiger partial charge in [0.25, 0.3) is 11.5 Å². The van der Waals surface area contributed by atoms with E-state index in [-0.39, 0.29) is 5.69 Å². The summed E-state index contributed by atoms with van der Waals surface area (Å²) in [4.78, 5) is 27.3. The molecule has 0 aliphatic rings. The van der Waals surface area contributed by atoms with Crippen molar-refractivity contribution >= 4 is 17.3 Å². The maximum atomic E-state index is 12.8. The van der Waals surface area contributed by atoms with E-state index in [0.29, 0.717) is 11.4 Å². The Hall–Kier alpha value is -3.61. The highest BCUT2D eigenvalue weighted by atomic mass is 16.3. The molecule has 1 aromatic heterocycles. The number of benzene rings is 2. The van der Waals surface area contributed by atoms with Crippen LogP contribution in [0.15, 0.2) is 53.3 Å². The molecular formula is C23H26N4O3. The molecule has 0 unspecified atom stereocenters. The summed E-state index contributed by atoms with van der Waals surface area (Å²) in [6.07, 6.45) is 0. The number of carbonyl (C=O) groups is 1. The van der Waals surface area contributed by atoms with E-state index in [4.69, 9.17) is 0 Å². The van der Waals surface area contributed by atoms with Crippen LogP contribution in [0, 0.1) is 13.8 Å². The molecule has 0 aliphatic heterocycles. The van der Waals surface area contributed by atoms with E-state index in [0.717, 1.165) is 40.7 Å². The van der Waals surface area contributed by atoms with Crippen LogP contribution in [0.5, 0.6) is 5.75 Å². The van der Waals surface area contributed by atoms with Gasteiger partial charge in [-0.25, -0.2) is 0 Å². The molecule has 2 aromatic carbocycles. The van der Waals surface area contributed by atoms with E-state index in [1.807, 2.05) is 38.1 Å². The van der Waals surface area contributed by atoms with Gasteiger partial charge in [-0.15, -0.1) is 0 Å².